The Bertz CT molecular complexity index is 232. The van der Waals surface area contributed by atoms with Crippen molar-refractivity contribution in [2.75, 3.05) is 0 Å². The van der Waals surface area contributed by atoms with Gasteiger partial charge >= 0.3 is 0 Å². The molecule has 13 heavy (non-hydrogen) atoms. The second kappa shape index (κ2) is 5.68. The van der Waals surface area contributed by atoms with Crippen LogP contribution in [-0.2, 0) is 0 Å². The lowest BCUT2D eigenvalue weighted by atomic mass is 10.1. The van der Waals surface area contributed by atoms with Gasteiger partial charge in [0.05, 0.1) is 11.4 Å². The summed E-state index contributed by atoms with van der Waals surface area (Å²) in [4.78, 5) is 4.32. The molecule has 0 saturated heterocycles. The van der Waals surface area contributed by atoms with E-state index < -0.39 is 0 Å². The first kappa shape index (κ1) is 12.1. The third-order valence-corrected chi connectivity index (χ3v) is 1.93. The van der Waals surface area contributed by atoms with Crippen molar-refractivity contribution >= 4 is 11.9 Å². The first-order valence-corrected chi connectivity index (χ1v) is 4.76. The minimum Gasteiger partial charge on any atom is -0.303 e. The Morgan fingerprint density at radius 2 is 1.92 bits per heavy atom. The molecule has 0 aromatic heterocycles. The van der Waals surface area contributed by atoms with Crippen LogP contribution in [0.5, 0.6) is 0 Å². The summed E-state index contributed by atoms with van der Waals surface area (Å²) < 4.78 is 0. The standard InChI is InChI=1S/C11H20N2/c1-6-9(4)7-13-11(8(2)3)10(5)12/h7,9,12H,6H2,1-5H3/b12-10?,13-7-. The smallest absolute Gasteiger partial charge is 0.0816 e. The van der Waals surface area contributed by atoms with Crippen LogP contribution >= 0.6 is 0 Å². The van der Waals surface area contributed by atoms with E-state index in [4.69, 9.17) is 5.41 Å². The van der Waals surface area contributed by atoms with Crippen molar-refractivity contribution in [1.29, 1.82) is 5.41 Å². The van der Waals surface area contributed by atoms with Crippen LogP contribution in [0.2, 0.25) is 0 Å². The van der Waals surface area contributed by atoms with E-state index >= 15 is 0 Å². The van der Waals surface area contributed by atoms with Crippen molar-refractivity contribution in [2.24, 2.45) is 10.9 Å². The maximum atomic E-state index is 7.51. The van der Waals surface area contributed by atoms with Crippen LogP contribution in [0.25, 0.3) is 0 Å². The fourth-order valence-electron chi connectivity index (χ4n) is 0.908. The summed E-state index contributed by atoms with van der Waals surface area (Å²) in [6, 6.07) is 0. The van der Waals surface area contributed by atoms with Gasteiger partial charge in [-0.2, -0.15) is 0 Å². The highest BCUT2D eigenvalue weighted by molar-refractivity contribution is 5.97. The Hall–Kier alpha value is -0.920. The normalized spacial score (nSPS) is 13.0. The van der Waals surface area contributed by atoms with Gasteiger partial charge in [0.2, 0.25) is 0 Å². The topological polar surface area (TPSA) is 36.2 Å². The summed E-state index contributed by atoms with van der Waals surface area (Å²) in [7, 11) is 0. The third kappa shape index (κ3) is 4.61. The van der Waals surface area contributed by atoms with E-state index in [0.717, 1.165) is 17.7 Å². The van der Waals surface area contributed by atoms with Crippen molar-refractivity contribution < 1.29 is 0 Å². The van der Waals surface area contributed by atoms with Crippen molar-refractivity contribution in [3.8, 4) is 0 Å². The molecule has 1 atom stereocenters. The van der Waals surface area contributed by atoms with Crippen LogP contribution in [-0.4, -0.2) is 11.9 Å². The van der Waals surface area contributed by atoms with Crippen molar-refractivity contribution in [1.82, 2.24) is 0 Å². The number of rotatable bonds is 4. The molecular weight excluding hydrogens is 160 g/mol. The van der Waals surface area contributed by atoms with Gasteiger partial charge in [-0.25, -0.2) is 0 Å². The molecule has 0 aliphatic carbocycles. The molecule has 0 radical (unpaired) electrons. The molecule has 0 rings (SSSR count). The van der Waals surface area contributed by atoms with E-state index in [-0.39, 0.29) is 0 Å². The Morgan fingerprint density at radius 3 is 2.23 bits per heavy atom. The second-order valence-electron chi connectivity index (χ2n) is 3.64. The Kier molecular flexibility index (Phi) is 5.28. The largest absolute Gasteiger partial charge is 0.303 e. The zero-order valence-electron chi connectivity index (χ0n) is 9.31. The minimum atomic E-state index is 0.494. The first-order valence-electron chi connectivity index (χ1n) is 4.76. The van der Waals surface area contributed by atoms with Crippen LogP contribution in [0, 0.1) is 11.3 Å². The molecule has 0 amide bonds. The van der Waals surface area contributed by atoms with Gasteiger partial charge in [0.1, 0.15) is 0 Å². The fourth-order valence-corrected chi connectivity index (χ4v) is 0.908. The first-order chi connectivity index (χ1) is 5.99. The molecule has 2 nitrogen and oxygen atoms in total. The molecule has 0 fully saturated rings. The number of hydrogen-bond donors (Lipinski definition) is 1. The fraction of sp³-hybridized carbons (Fsp3) is 0.636. The quantitative estimate of drug-likeness (QED) is 0.643. The van der Waals surface area contributed by atoms with Crippen LogP contribution in [0.4, 0.5) is 0 Å². The van der Waals surface area contributed by atoms with Crippen LogP contribution in [0.15, 0.2) is 16.3 Å². The molecule has 0 heterocycles. The molecule has 1 unspecified atom stereocenters. The molecule has 0 aliphatic rings. The average molecular weight is 180 g/mol. The average Bonchev–Trinajstić information content (AvgIpc) is 2.03. The maximum absolute atomic E-state index is 7.51. The predicted molar refractivity (Wildman–Crippen MR) is 59.7 cm³/mol. The van der Waals surface area contributed by atoms with Gasteiger partial charge in [-0.15, -0.1) is 0 Å². The van der Waals surface area contributed by atoms with Crippen LogP contribution in [0.3, 0.4) is 0 Å². The molecule has 1 N–H and O–H groups in total. The van der Waals surface area contributed by atoms with Gasteiger partial charge in [0.25, 0.3) is 0 Å². The van der Waals surface area contributed by atoms with Crippen molar-refractivity contribution in [3.63, 3.8) is 0 Å². The van der Waals surface area contributed by atoms with E-state index in [2.05, 4.69) is 18.8 Å². The number of hydrogen-bond acceptors (Lipinski definition) is 2. The highest BCUT2D eigenvalue weighted by Crippen LogP contribution is 2.07. The zero-order valence-corrected chi connectivity index (χ0v) is 9.31. The van der Waals surface area contributed by atoms with Crippen molar-refractivity contribution in [2.45, 2.75) is 41.0 Å². The van der Waals surface area contributed by atoms with Gasteiger partial charge < -0.3 is 5.41 Å². The summed E-state index contributed by atoms with van der Waals surface area (Å²) in [6.45, 7) is 10.0. The van der Waals surface area contributed by atoms with E-state index in [9.17, 15) is 0 Å². The number of nitrogens with zero attached hydrogens (tertiary/aromatic N) is 1. The Morgan fingerprint density at radius 1 is 1.38 bits per heavy atom. The van der Waals surface area contributed by atoms with Gasteiger partial charge in [-0.3, -0.25) is 4.99 Å². The second-order valence-corrected chi connectivity index (χ2v) is 3.64. The van der Waals surface area contributed by atoms with Gasteiger partial charge in [-0.1, -0.05) is 13.8 Å². The van der Waals surface area contributed by atoms with Gasteiger partial charge in [0.15, 0.2) is 0 Å². The van der Waals surface area contributed by atoms with Crippen LogP contribution < -0.4 is 0 Å². The lowest BCUT2D eigenvalue weighted by Crippen LogP contribution is -1.99. The Labute approximate surface area is 81.3 Å². The molecule has 0 aliphatic heterocycles. The van der Waals surface area contributed by atoms with E-state index in [1.54, 1.807) is 6.92 Å². The summed E-state index contributed by atoms with van der Waals surface area (Å²) in [5.74, 6) is 0.494. The molecule has 0 bridgehead atoms. The molecule has 2 heteroatoms. The maximum Gasteiger partial charge on any atom is 0.0816 e. The van der Waals surface area contributed by atoms with E-state index in [1.807, 2.05) is 20.1 Å². The molecule has 74 valence electrons. The number of nitrogens with one attached hydrogen (secondary N) is 1. The van der Waals surface area contributed by atoms with Gasteiger partial charge in [0, 0.05) is 6.21 Å². The highest BCUT2D eigenvalue weighted by atomic mass is 14.8. The lowest BCUT2D eigenvalue weighted by molar-refractivity contribution is 0.754. The third-order valence-electron chi connectivity index (χ3n) is 1.93. The number of allylic oxidation sites excluding steroid dienone is 2. The summed E-state index contributed by atoms with van der Waals surface area (Å²) >= 11 is 0. The zero-order chi connectivity index (χ0) is 10.4. The molecular formula is C11H20N2. The molecule has 0 saturated carbocycles. The minimum absolute atomic E-state index is 0.494. The molecule has 0 aromatic rings. The number of aliphatic imine (C=N–C) groups is 1. The van der Waals surface area contributed by atoms with E-state index in [0.29, 0.717) is 11.6 Å². The van der Waals surface area contributed by atoms with Crippen LogP contribution in [0.1, 0.15) is 41.0 Å². The molecule has 0 spiro atoms. The summed E-state index contributed by atoms with van der Waals surface area (Å²) in [5.41, 5.74) is 2.46. The predicted octanol–water partition coefficient (Wildman–Crippen LogP) is 3.44. The SMILES string of the molecule is CCC(C)/C=N\C(C(C)=N)=C(C)C. The highest BCUT2D eigenvalue weighted by Gasteiger charge is 2.00. The van der Waals surface area contributed by atoms with Crippen molar-refractivity contribution in [3.05, 3.63) is 11.3 Å². The van der Waals surface area contributed by atoms with E-state index in [1.165, 1.54) is 0 Å². The lowest BCUT2D eigenvalue weighted by Gasteiger charge is -2.03. The monoisotopic (exact) mass is 180 g/mol. The van der Waals surface area contributed by atoms with Gasteiger partial charge in [-0.05, 0) is 38.7 Å². The summed E-state index contributed by atoms with van der Waals surface area (Å²) in [5, 5.41) is 7.51. The Balaban J connectivity index is 4.56. The molecule has 0 aromatic carbocycles. The summed E-state index contributed by atoms with van der Waals surface area (Å²) in [6.07, 6.45) is 3.02.